The van der Waals surface area contributed by atoms with Crippen LogP contribution in [0.4, 0.5) is 5.69 Å². The summed E-state index contributed by atoms with van der Waals surface area (Å²) >= 11 is 0. The maximum Gasteiger partial charge on any atom is 0.237 e. The average molecular weight is 202 g/mol. The molecule has 0 bridgehead atoms. The molecule has 0 spiro atoms. The fourth-order valence-corrected chi connectivity index (χ4v) is 0.855. The molecule has 0 heterocycles. The molecule has 15 heavy (non-hydrogen) atoms. The third-order valence-electron chi connectivity index (χ3n) is 1.41. The molecule has 0 saturated heterocycles. The fourth-order valence-electron chi connectivity index (χ4n) is 0.855. The van der Waals surface area contributed by atoms with Crippen molar-refractivity contribution in [3.05, 3.63) is 18.2 Å². The number of phenols is 2. The number of aromatic hydroxyl groups is 2. The number of nitrogens with one attached hydrogen (secondary N) is 1. The van der Waals surface area contributed by atoms with Gasteiger partial charge in [0.25, 0.3) is 0 Å². The van der Waals surface area contributed by atoms with E-state index in [-0.39, 0.29) is 22.9 Å². The number of anilines is 1. The molecule has 74 valence electrons. The molecule has 1 aromatic carbocycles. The second kappa shape index (κ2) is 4.49. The number of hydrazone groups is 1. The molecule has 6 nitrogen and oxygen atoms in total. The Morgan fingerprint density at radius 2 is 1.67 bits per heavy atom. The molecule has 0 aromatic heterocycles. The monoisotopic (exact) mass is 202 g/mol. The number of hydrogen-bond donors (Lipinski definition) is 3. The molecule has 0 aliphatic carbocycles. The van der Waals surface area contributed by atoms with E-state index in [1.807, 2.05) is 0 Å². The normalized spacial score (nSPS) is 8.40. The smallest absolute Gasteiger partial charge is 0.237 e. The SMILES string of the molecule is N#CC(C#N)=NNc1cc(O)cc(O)c1. The molecule has 0 saturated carbocycles. The Kier molecular flexibility index (Phi) is 3.10. The van der Waals surface area contributed by atoms with E-state index in [9.17, 15) is 0 Å². The molecular weight excluding hydrogens is 196 g/mol. The van der Waals surface area contributed by atoms with E-state index in [0.29, 0.717) is 0 Å². The van der Waals surface area contributed by atoms with Crippen LogP contribution in [0.1, 0.15) is 0 Å². The summed E-state index contributed by atoms with van der Waals surface area (Å²) in [6, 6.07) is 6.82. The van der Waals surface area contributed by atoms with Crippen molar-refractivity contribution in [3.63, 3.8) is 0 Å². The van der Waals surface area contributed by atoms with Gasteiger partial charge in [0, 0.05) is 18.2 Å². The highest BCUT2D eigenvalue weighted by Gasteiger charge is 1.98. The minimum absolute atomic E-state index is 0.150. The number of rotatable bonds is 2. The fraction of sp³-hybridized carbons (Fsp3) is 0. The molecule has 0 aliphatic rings. The predicted molar refractivity (Wildman–Crippen MR) is 52.1 cm³/mol. The number of hydrogen-bond acceptors (Lipinski definition) is 6. The van der Waals surface area contributed by atoms with E-state index in [1.54, 1.807) is 12.1 Å². The van der Waals surface area contributed by atoms with Crippen molar-refractivity contribution in [3.8, 4) is 23.6 Å². The van der Waals surface area contributed by atoms with Crippen LogP contribution in [0.2, 0.25) is 0 Å². The first kappa shape index (κ1) is 10.4. The van der Waals surface area contributed by atoms with Crippen LogP contribution in [0.15, 0.2) is 23.3 Å². The van der Waals surface area contributed by atoms with Crippen molar-refractivity contribution in [1.29, 1.82) is 10.5 Å². The van der Waals surface area contributed by atoms with Crippen molar-refractivity contribution in [1.82, 2.24) is 0 Å². The summed E-state index contributed by atoms with van der Waals surface area (Å²) in [7, 11) is 0. The molecule has 0 amide bonds. The maximum absolute atomic E-state index is 9.10. The zero-order valence-corrected chi connectivity index (χ0v) is 7.47. The zero-order valence-electron chi connectivity index (χ0n) is 7.47. The lowest BCUT2D eigenvalue weighted by Crippen LogP contribution is -1.95. The largest absolute Gasteiger partial charge is 0.508 e. The summed E-state index contributed by atoms with van der Waals surface area (Å²) in [6.45, 7) is 0. The Hall–Kier alpha value is -2.73. The van der Waals surface area contributed by atoms with Gasteiger partial charge in [-0.05, 0) is 0 Å². The number of nitriles is 2. The van der Waals surface area contributed by atoms with Gasteiger partial charge in [-0.2, -0.15) is 15.6 Å². The second-order valence-electron chi connectivity index (χ2n) is 2.53. The Labute approximate surface area is 85.3 Å². The van der Waals surface area contributed by atoms with Gasteiger partial charge < -0.3 is 10.2 Å². The average Bonchev–Trinajstić information content (AvgIpc) is 2.18. The third-order valence-corrected chi connectivity index (χ3v) is 1.41. The summed E-state index contributed by atoms with van der Waals surface area (Å²) < 4.78 is 0. The summed E-state index contributed by atoms with van der Waals surface area (Å²) in [5.74, 6) is -0.300. The quantitative estimate of drug-likeness (QED) is 0.487. The standard InChI is InChI=1S/C9H6N4O2/c10-4-7(5-11)13-12-6-1-8(14)3-9(15)2-6/h1-3,12,14-15H. The van der Waals surface area contributed by atoms with Crippen molar-refractivity contribution < 1.29 is 10.2 Å². The van der Waals surface area contributed by atoms with E-state index in [4.69, 9.17) is 20.7 Å². The molecule has 0 unspecified atom stereocenters. The van der Waals surface area contributed by atoms with Crippen molar-refractivity contribution in [2.45, 2.75) is 0 Å². The predicted octanol–water partition coefficient (Wildman–Crippen LogP) is 0.913. The van der Waals surface area contributed by atoms with Gasteiger partial charge in [-0.3, -0.25) is 5.43 Å². The van der Waals surface area contributed by atoms with Gasteiger partial charge in [0.15, 0.2) is 0 Å². The molecule has 1 rings (SSSR count). The summed E-state index contributed by atoms with van der Waals surface area (Å²) in [4.78, 5) is 0. The lowest BCUT2D eigenvalue weighted by molar-refractivity contribution is 0.451. The van der Waals surface area contributed by atoms with Gasteiger partial charge >= 0.3 is 0 Å². The van der Waals surface area contributed by atoms with E-state index < -0.39 is 0 Å². The molecule has 1 aromatic rings. The third kappa shape index (κ3) is 2.90. The molecule has 3 N–H and O–H groups in total. The summed E-state index contributed by atoms with van der Waals surface area (Å²) in [6.07, 6.45) is 0. The molecule has 0 atom stereocenters. The van der Waals surface area contributed by atoms with Crippen LogP contribution >= 0.6 is 0 Å². The van der Waals surface area contributed by atoms with Crippen LogP contribution in [0.5, 0.6) is 11.5 Å². The van der Waals surface area contributed by atoms with Gasteiger partial charge in [0.2, 0.25) is 5.71 Å². The van der Waals surface area contributed by atoms with Crippen LogP contribution in [-0.4, -0.2) is 15.9 Å². The van der Waals surface area contributed by atoms with Crippen LogP contribution in [-0.2, 0) is 0 Å². The lowest BCUT2D eigenvalue weighted by Gasteiger charge is -2.01. The highest BCUT2D eigenvalue weighted by Crippen LogP contribution is 2.23. The number of phenolic OH excluding ortho intramolecular Hbond substituents is 2. The van der Waals surface area contributed by atoms with Crippen LogP contribution < -0.4 is 5.43 Å². The first-order valence-corrected chi connectivity index (χ1v) is 3.82. The highest BCUT2D eigenvalue weighted by atomic mass is 16.3. The highest BCUT2D eigenvalue weighted by molar-refractivity contribution is 6.10. The Bertz CT molecular complexity index is 446. The molecule has 0 fully saturated rings. The maximum atomic E-state index is 9.10. The van der Waals surface area contributed by atoms with E-state index in [0.717, 1.165) is 6.07 Å². The van der Waals surface area contributed by atoms with Gasteiger partial charge in [0.1, 0.15) is 23.6 Å². The second-order valence-corrected chi connectivity index (χ2v) is 2.53. The van der Waals surface area contributed by atoms with Crippen molar-refractivity contribution in [2.75, 3.05) is 5.43 Å². The van der Waals surface area contributed by atoms with Crippen LogP contribution in [0, 0.1) is 22.7 Å². The van der Waals surface area contributed by atoms with Crippen LogP contribution in [0.3, 0.4) is 0 Å². The van der Waals surface area contributed by atoms with Crippen molar-refractivity contribution >= 4 is 11.4 Å². The summed E-state index contributed by atoms with van der Waals surface area (Å²) in [5, 5.41) is 38.4. The number of nitrogens with zero attached hydrogens (tertiary/aromatic N) is 3. The molecular formula is C9H6N4O2. The topological polar surface area (TPSA) is 112 Å². The molecule has 0 radical (unpaired) electrons. The van der Waals surface area contributed by atoms with Crippen molar-refractivity contribution in [2.24, 2.45) is 5.10 Å². The van der Waals surface area contributed by atoms with Gasteiger partial charge in [-0.1, -0.05) is 0 Å². The van der Waals surface area contributed by atoms with Gasteiger partial charge in [0.05, 0.1) is 5.69 Å². The first-order chi connectivity index (χ1) is 7.15. The molecule has 0 aliphatic heterocycles. The Morgan fingerprint density at radius 1 is 1.13 bits per heavy atom. The van der Waals surface area contributed by atoms with E-state index in [1.165, 1.54) is 12.1 Å². The Morgan fingerprint density at radius 3 is 2.13 bits per heavy atom. The lowest BCUT2D eigenvalue weighted by atomic mass is 10.3. The minimum atomic E-state index is -0.349. The van der Waals surface area contributed by atoms with Gasteiger partial charge in [-0.25, -0.2) is 0 Å². The minimum Gasteiger partial charge on any atom is -0.508 e. The number of benzene rings is 1. The van der Waals surface area contributed by atoms with E-state index >= 15 is 0 Å². The summed E-state index contributed by atoms with van der Waals surface area (Å²) in [5.41, 5.74) is 2.28. The zero-order chi connectivity index (χ0) is 11.3. The van der Waals surface area contributed by atoms with Gasteiger partial charge in [-0.15, -0.1) is 0 Å². The Balaban J connectivity index is 2.88. The molecule has 6 heteroatoms. The first-order valence-electron chi connectivity index (χ1n) is 3.82. The van der Waals surface area contributed by atoms with E-state index in [2.05, 4.69) is 10.5 Å². The van der Waals surface area contributed by atoms with Crippen LogP contribution in [0.25, 0.3) is 0 Å².